The van der Waals surface area contributed by atoms with Gasteiger partial charge in [0, 0.05) is 0 Å². The molecule has 0 amide bonds. The van der Waals surface area contributed by atoms with Gasteiger partial charge in [0.15, 0.2) is 0 Å². The Labute approximate surface area is 63.0 Å². The lowest BCUT2D eigenvalue weighted by molar-refractivity contribution is -0.141. The summed E-state index contributed by atoms with van der Waals surface area (Å²) in [5.74, 6) is -0.831. The maximum Gasteiger partial charge on any atom is 0.306 e. The van der Waals surface area contributed by atoms with Crippen LogP contribution in [0.3, 0.4) is 0 Å². The van der Waals surface area contributed by atoms with Crippen LogP contribution in [0.15, 0.2) is 0 Å². The average Bonchev–Trinajstić information content (AvgIpc) is 1.88. The number of carboxylic acid groups (broad SMARTS) is 1. The highest BCUT2D eigenvalue weighted by Gasteiger charge is 2.08. The minimum Gasteiger partial charge on any atom is -0.481 e. The summed E-state index contributed by atoms with van der Waals surface area (Å²) in [4.78, 5) is 10.3. The maximum absolute atomic E-state index is 10.3. The lowest BCUT2D eigenvalue weighted by Crippen LogP contribution is -2.08. The molecule has 0 saturated carbocycles. The quantitative estimate of drug-likeness (QED) is 0.457. The van der Waals surface area contributed by atoms with Crippen LogP contribution in [0.5, 0.6) is 0 Å². The Kier molecular flexibility index (Phi) is 5.08. The van der Waals surface area contributed by atoms with Crippen LogP contribution in [-0.2, 0) is 4.79 Å². The summed E-state index contributed by atoms with van der Waals surface area (Å²) in [6.45, 7) is 1.76. The van der Waals surface area contributed by atoms with Gasteiger partial charge in [-0.05, 0) is 6.42 Å². The van der Waals surface area contributed by atoms with Gasteiger partial charge < -0.3 is 5.11 Å². The lowest BCUT2D eigenvalue weighted by Gasteiger charge is -2.03. The van der Waals surface area contributed by atoms with E-state index in [-0.39, 0.29) is 5.92 Å². The van der Waals surface area contributed by atoms with E-state index >= 15 is 0 Å². The molecule has 3 heteroatoms. The summed E-state index contributed by atoms with van der Waals surface area (Å²) in [6, 6.07) is 0. The molecular formula is C7H15BO2. The van der Waals surface area contributed by atoms with Gasteiger partial charge in [-0.25, -0.2) is 0 Å². The minimum atomic E-state index is -0.670. The normalized spacial score (nSPS) is 12.9. The van der Waals surface area contributed by atoms with Crippen molar-refractivity contribution in [2.75, 3.05) is 0 Å². The molecule has 0 heterocycles. The predicted octanol–water partition coefficient (Wildman–Crippen LogP) is 0.929. The van der Waals surface area contributed by atoms with Crippen LogP contribution in [-0.4, -0.2) is 18.9 Å². The van der Waals surface area contributed by atoms with E-state index in [9.17, 15) is 4.79 Å². The molecule has 1 N–H and O–H groups in total. The van der Waals surface area contributed by atoms with Gasteiger partial charge in [-0.2, -0.15) is 0 Å². The fourth-order valence-electron chi connectivity index (χ4n) is 0.824. The first kappa shape index (κ1) is 9.53. The van der Waals surface area contributed by atoms with Gasteiger partial charge in [0.05, 0.1) is 5.92 Å². The molecule has 2 nitrogen and oxygen atoms in total. The second-order valence-electron chi connectivity index (χ2n) is 2.74. The van der Waals surface area contributed by atoms with Crippen molar-refractivity contribution < 1.29 is 9.90 Å². The third kappa shape index (κ3) is 4.42. The summed E-state index contributed by atoms with van der Waals surface area (Å²) >= 11 is 0. The maximum atomic E-state index is 10.3. The van der Waals surface area contributed by atoms with Crippen LogP contribution in [0.1, 0.15) is 26.2 Å². The fraction of sp³-hybridized carbons (Fsp3) is 0.857. The third-order valence-electron chi connectivity index (χ3n) is 1.66. The second-order valence-corrected chi connectivity index (χ2v) is 2.74. The van der Waals surface area contributed by atoms with Crippen molar-refractivity contribution in [3.63, 3.8) is 0 Å². The highest BCUT2D eigenvalue weighted by atomic mass is 16.4. The molecule has 0 radical (unpaired) electrons. The molecule has 0 bridgehead atoms. The number of unbranched alkanes of at least 4 members (excludes halogenated alkanes) is 1. The van der Waals surface area contributed by atoms with Crippen molar-refractivity contribution in [3.8, 4) is 0 Å². The summed E-state index contributed by atoms with van der Waals surface area (Å²) in [5, 5.41) is 8.48. The van der Waals surface area contributed by atoms with Crippen molar-refractivity contribution in [2.24, 2.45) is 5.92 Å². The first-order valence-electron chi connectivity index (χ1n) is 3.91. The summed E-state index contributed by atoms with van der Waals surface area (Å²) in [6.07, 6.45) is 4.18. The number of hydrogen-bond donors (Lipinski definition) is 1. The van der Waals surface area contributed by atoms with Crippen LogP contribution in [0.4, 0.5) is 0 Å². The largest absolute Gasteiger partial charge is 0.481 e. The monoisotopic (exact) mass is 142 g/mol. The fourth-order valence-corrected chi connectivity index (χ4v) is 0.824. The van der Waals surface area contributed by atoms with Crippen LogP contribution in [0, 0.1) is 5.92 Å². The van der Waals surface area contributed by atoms with Crippen molar-refractivity contribution >= 4 is 13.8 Å². The summed E-state index contributed by atoms with van der Waals surface area (Å²) in [7, 11) is 2.12. The molecule has 10 heavy (non-hydrogen) atoms. The van der Waals surface area contributed by atoms with Gasteiger partial charge >= 0.3 is 5.97 Å². The highest BCUT2D eigenvalue weighted by Crippen LogP contribution is 2.08. The number of hydrogen-bond acceptors (Lipinski definition) is 1. The van der Waals surface area contributed by atoms with E-state index in [2.05, 4.69) is 7.85 Å². The SMILES string of the molecule is BCCCCC(C)C(=O)O. The Balaban J connectivity index is 3.21. The molecule has 58 valence electrons. The molecular weight excluding hydrogens is 127 g/mol. The van der Waals surface area contributed by atoms with Gasteiger partial charge in [0.2, 0.25) is 0 Å². The Morgan fingerprint density at radius 3 is 2.60 bits per heavy atom. The molecule has 0 saturated heterocycles. The number of rotatable bonds is 5. The molecule has 1 unspecified atom stereocenters. The molecule has 0 aromatic heterocycles. The number of carboxylic acids is 1. The van der Waals surface area contributed by atoms with Crippen LogP contribution in [0.2, 0.25) is 6.32 Å². The van der Waals surface area contributed by atoms with Crippen molar-refractivity contribution in [1.82, 2.24) is 0 Å². The standard InChI is InChI=1S/C7H15BO2/c1-6(7(9)10)4-2-3-5-8/h6H,2-5,8H2,1H3,(H,9,10). The summed E-state index contributed by atoms with van der Waals surface area (Å²) in [5.41, 5.74) is 0. The van der Waals surface area contributed by atoms with Gasteiger partial charge in [-0.15, -0.1) is 0 Å². The first-order chi connectivity index (χ1) is 4.68. The van der Waals surface area contributed by atoms with Crippen molar-refractivity contribution in [2.45, 2.75) is 32.5 Å². The zero-order chi connectivity index (χ0) is 7.98. The van der Waals surface area contributed by atoms with Crippen molar-refractivity contribution in [3.05, 3.63) is 0 Å². The zero-order valence-corrected chi connectivity index (χ0v) is 6.76. The number of aliphatic carboxylic acids is 1. The molecule has 0 aliphatic carbocycles. The van der Waals surface area contributed by atoms with E-state index in [0.29, 0.717) is 0 Å². The molecule has 0 aromatic carbocycles. The predicted molar refractivity (Wildman–Crippen MR) is 44.0 cm³/mol. The highest BCUT2D eigenvalue weighted by molar-refractivity contribution is 6.08. The number of carbonyl (C=O) groups is 1. The molecule has 0 spiro atoms. The molecule has 1 atom stereocenters. The third-order valence-corrected chi connectivity index (χ3v) is 1.66. The molecule has 0 aliphatic rings. The lowest BCUT2D eigenvalue weighted by atomic mass is 9.96. The van der Waals surface area contributed by atoms with Crippen LogP contribution in [0.25, 0.3) is 0 Å². The minimum absolute atomic E-state index is 0.161. The Morgan fingerprint density at radius 2 is 2.20 bits per heavy atom. The molecule has 0 fully saturated rings. The summed E-state index contributed by atoms with van der Waals surface area (Å²) < 4.78 is 0. The van der Waals surface area contributed by atoms with Crippen LogP contribution >= 0.6 is 0 Å². The van der Waals surface area contributed by atoms with Crippen LogP contribution < -0.4 is 0 Å². The van der Waals surface area contributed by atoms with E-state index in [0.717, 1.165) is 25.6 Å². The first-order valence-corrected chi connectivity index (χ1v) is 3.91. The molecule has 0 aromatic rings. The average molecular weight is 142 g/mol. The van der Waals surface area contributed by atoms with E-state index in [1.807, 2.05) is 0 Å². The molecule has 0 aliphatic heterocycles. The van der Waals surface area contributed by atoms with Crippen molar-refractivity contribution in [1.29, 1.82) is 0 Å². The molecule has 0 rings (SSSR count). The second kappa shape index (κ2) is 5.33. The topological polar surface area (TPSA) is 37.3 Å². The van der Waals surface area contributed by atoms with Gasteiger partial charge in [0.25, 0.3) is 0 Å². The van der Waals surface area contributed by atoms with E-state index in [1.165, 1.54) is 0 Å². The Bertz CT molecular complexity index is 104. The van der Waals surface area contributed by atoms with E-state index in [4.69, 9.17) is 5.11 Å². The van der Waals surface area contributed by atoms with E-state index in [1.54, 1.807) is 6.92 Å². The Morgan fingerprint density at radius 1 is 1.60 bits per heavy atom. The van der Waals surface area contributed by atoms with E-state index < -0.39 is 5.97 Å². The van der Waals surface area contributed by atoms with Gasteiger partial charge in [-0.3, -0.25) is 4.79 Å². The van der Waals surface area contributed by atoms with Gasteiger partial charge in [-0.1, -0.05) is 26.1 Å². The van der Waals surface area contributed by atoms with Gasteiger partial charge in [0.1, 0.15) is 7.85 Å². The Hall–Kier alpha value is -0.465. The smallest absolute Gasteiger partial charge is 0.306 e. The zero-order valence-electron chi connectivity index (χ0n) is 6.76.